The zero-order valence-corrected chi connectivity index (χ0v) is 27.6. The highest BCUT2D eigenvalue weighted by atomic mass is 31.1. The highest BCUT2D eigenvalue weighted by molar-refractivity contribution is 7.75. The first-order valence-electron chi connectivity index (χ1n) is 14.1. The van der Waals surface area contributed by atoms with Crippen molar-refractivity contribution in [3.05, 3.63) is 72.8 Å². The maximum absolute atomic E-state index is 2.61. The molecule has 4 aromatic rings. The number of hydrogen-bond donors (Lipinski definition) is 0. The van der Waals surface area contributed by atoms with E-state index < -0.39 is 15.8 Å². The van der Waals surface area contributed by atoms with Crippen LogP contribution in [0.4, 0.5) is 0 Å². The summed E-state index contributed by atoms with van der Waals surface area (Å²) >= 11 is 0. The summed E-state index contributed by atoms with van der Waals surface area (Å²) < 4.78 is 0. The lowest BCUT2D eigenvalue weighted by atomic mass is 9.94. The highest BCUT2D eigenvalue weighted by Gasteiger charge is 2.44. The number of rotatable bonds is 3. The zero-order valence-electron chi connectivity index (χ0n) is 25.8. The summed E-state index contributed by atoms with van der Waals surface area (Å²) in [6.07, 6.45) is 0. The third-order valence-electron chi connectivity index (χ3n) is 7.21. The van der Waals surface area contributed by atoms with E-state index in [9.17, 15) is 0 Å². The van der Waals surface area contributed by atoms with Crippen LogP contribution in [-0.4, -0.2) is 20.6 Å². The van der Waals surface area contributed by atoms with Gasteiger partial charge >= 0.3 is 0 Å². The molecular formula is C36H48P2. The van der Waals surface area contributed by atoms with E-state index in [2.05, 4.69) is 156 Å². The second-order valence-corrected chi connectivity index (χ2v) is 22.4. The lowest BCUT2D eigenvalue weighted by Gasteiger charge is -2.48. The summed E-state index contributed by atoms with van der Waals surface area (Å²) in [6.45, 7) is 29.7. The molecular weight excluding hydrogens is 494 g/mol. The van der Waals surface area contributed by atoms with E-state index in [1.807, 2.05) is 0 Å². The lowest BCUT2D eigenvalue weighted by molar-refractivity contribution is 0.711. The van der Waals surface area contributed by atoms with Crippen LogP contribution in [0.1, 0.15) is 83.1 Å². The molecule has 202 valence electrons. The van der Waals surface area contributed by atoms with Crippen molar-refractivity contribution >= 4 is 48.0 Å². The van der Waals surface area contributed by atoms with E-state index in [0.29, 0.717) is 0 Å². The molecule has 0 spiro atoms. The van der Waals surface area contributed by atoms with Crippen molar-refractivity contribution in [2.75, 3.05) is 0 Å². The van der Waals surface area contributed by atoms with Gasteiger partial charge in [-0.25, -0.2) is 0 Å². The third-order valence-corrected chi connectivity index (χ3v) is 14.5. The Morgan fingerprint density at radius 1 is 0.447 bits per heavy atom. The summed E-state index contributed by atoms with van der Waals surface area (Å²) in [5, 5.41) is 9.36. The fraction of sp³-hybridized carbons (Fsp3) is 0.444. The van der Waals surface area contributed by atoms with Crippen molar-refractivity contribution in [1.82, 2.24) is 0 Å². The summed E-state index contributed by atoms with van der Waals surface area (Å²) in [4.78, 5) is 0. The Morgan fingerprint density at radius 3 is 1.42 bits per heavy atom. The van der Waals surface area contributed by atoms with Crippen molar-refractivity contribution in [2.45, 2.75) is 104 Å². The van der Waals surface area contributed by atoms with Gasteiger partial charge in [0.2, 0.25) is 0 Å². The van der Waals surface area contributed by atoms with Crippen LogP contribution in [0, 0.1) is 0 Å². The van der Waals surface area contributed by atoms with Gasteiger partial charge < -0.3 is 0 Å². The molecule has 0 radical (unpaired) electrons. The molecule has 0 aliphatic heterocycles. The van der Waals surface area contributed by atoms with E-state index in [0.717, 1.165) is 0 Å². The van der Waals surface area contributed by atoms with Crippen LogP contribution in [0.15, 0.2) is 72.8 Å². The third kappa shape index (κ3) is 5.60. The molecule has 4 rings (SSSR count). The van der Waals surface area contributed by atoms with Crippen LogP contribution in [-0.2, 0) is 0 Å². The molecule has 0 atom stereocenters. The summed E-state index contributed by atoms with van der Waals surface area (Å²) in [5.41, 5.74) is 2.86. The Kier molecular flexibility index (Phi) is 7.71. The minimum atomic E-state index is -0.542. The molecule has 0 unspecified atom stereocenters. The van der Waals surface area contributed by atoms with Gasteiger partial charge in [0.05, 0.1) is 0 Å². The lowest BCUT2D eigenvalue weighted by Crippen LogP contribution is -2.42. The number of hydrogen-bond acceptors (Lipinski definition) is 0. The van der Waals surface area contributed by atoms with E-state index in [4.69, 9.17) is 0 Å². The van der Waals surface area contributed by atoms with Crippen LogP contribution >= 0.6 is 15.8 Å². The van der Waals surface area contributed by atoms with Crippen molar-refractivity contribution in [3.8, 4) is 11.1 Å². The molecule has 0 nitrogen and oxygen atoms in total. The number of fused-ring (bicyclic) bond motifs is 2. The van der Waals surface area contributed by atoms with E-state index in [1.165, 1.54) is 32.7 Å². The quantitative estimate of drug-likeness (QED) is 0.226. The predicted molar refractivity (Wildman–Crippen MR) is 179 cm³/mol. The second kappa shape index (κ2) is 10.0. The van der Waals surface area contributed by atoms with Crippen LogP contribution in [0.5, 0.6) is 0 Å². The maximum atomic E-state index is 2.61. The Morgan fingerprint density at radius 2 is 0.895 bits per heavy atom. The Balaban J connectivity index is 2.34. The number of benzene rings is 4. The predicted octanol–water partition coefficient (Wildman–Crippen LogP) is 11.1. The first-order valence-corrected chi connectivity index (χ1v) is 16.8. The smallest absolute Gasteiger partial charge is 0.00153 e. The molecule has 0 saturated heterocycles. The molecule has 0 amide bonds. The summed E-state index contributed by atoms with van der Waals surface area (Å²) in [6, 6.07) is 27.6. The van der Waals surface area contributed by atoms with Crippen molar-refractivity contribution in [1.29, 1.82) is 0 Å². The van der Waals surface area contributed by atoms with Crippen molar-refractivity contribution in [3.63, 3.8) is 0 Å². The van der Waals surface area contributed by atoms with Gasteiger partial charge in [-0.3, -0.25) is 0 Å². The van der Waals surface area contributed by atoms with Crippen molar-refractivity contribution < 1.29 is 0 Å². The van der Waals surface area contributed by atoms with Crippen molar-refractivity contribution in [2.24, 2.45) is 0 Å². The van der Waals surface area contributed by atoms with Crippen LogP contribution < -0.4 is 10.6 Å². The molecule has 0 aliphatic rings. The van der Waals surface area contributed by atoms with Gasteiger partial charge in [0.1, 0.15) is 0 Å². The molecule has 0 aromatic heterocycles. The van der Waals surface area contributed by atoms with Gasteiger partial charge in [-0.05, 0) is 70.0 Å². The monoisotopic (exact) mass is 542 g/mol. The molecule has 0 fully saturated rings. The fourth-order valence-electron chi connectivity index (χ4n) is 6.84. The van der Waals surface area contributed by atoms with Crippen LogP contribution in [0.2, 0.25) is 0 Å². The molecule has 2 heteroatoms. The zero-order chi connectivity index (χ0) is 28.3. The highest BCUT2D eigenvalue weighted by Crippen LogP contribution is 2.64. The van der Waals surface area contributed by atoms with E-state index in [-0.39, 0.29) is 20.6 Å². The summed E-state index contributed by atoms with van der Waals surface area (Å²) in [7, 11) is -1.03. The van der Waals surface area contributed by atoms with Gasteiger partial charge in [-0.2, -0.15) is 0 Å². The first kappa shape index (κ1) is 29.2. The van der Waals surface area contributed by atoms with Gasteiger partial charge in [-0.15, -0.1) is 0 Å². The molecule has 0 heterocycles. The average molecular weight is 543 g/mol. The standard InChI is InChI=1S/C36H48P2/c1-33(2,3)37(34(4,5)6)30-24-26-19-14-16-22-28(26)31(32(30)38(35(7,8)9)36(10,11)12)29-23-17-20-25-18-13-15-21-27(25)29/h13-24H,1-12H3. The Bertz CT molecular complexity index is 1420. The van der Waals surface area contributed by atoms with Gasteiger partial charge in [0, 0.05) is 0 Å². The SMILES string of the molecule is CC(C)(C)P(c1cc2ccccc2c(-c2cccc3ccccc23)c1P(C(C)(C)C)C(C)(C)C)C(C)(C)C. The maximum Gasteiger partial charge on any atom is -0.00153 e. The van der Waals surface area contributed by atoms with Gasteiger partial charge in [0.25, 0.3) is 0 Å². The molecule has 0 N–H and O–H groups in total. The van der Waals surface area contributed by atoms with E-state index in [1.54, 1.807) is 10.6 Å². The molecule has 0 aliphatic carbocycles. The van der Waals surface area contributed by atoms with E-state index >= 15 is 0 Å². The molecule has 0 saturated carbocycles. The topological polar surface area (TPSA) is 0 Å². The molecule has 4 aromatic carbocycles. The minimum absolute atomic E-state index is 0.154. The molecule has 0 bridgehead atoms. The Hall–Kier alpha value is -1.74. The van der Waals surface area contributed by atoms with Crippen LogP contribution in [0.25, 0.3) is 32.7 Å². The second-order valence-electron chi connectivity index (χ2n) is 14.7. The average Bonchev–Trinajstić information content (AvgIpc) is 2.75. The minimum Gasteiger partial charge on any atom is -0.0635 e. The normalized spacial score (nSPS) is 13.7. The van der Waals surface area contributed by atoms with Gasteiger partial charge in [0.15, 0.2) is 0 Å². The van der Waals surface area contributed by atoms with Crippen LogP contribution in [0.3, 0.4) is 0 Å². The first-order chi connectivity index (χ1) is 17.4. The molecule has 38 heavy (non-hydrogen) atoms. The largest absolute Gasteiger partial charge is 0.0635 e. The Labute approximate surface area is 235 Å². The van der Waals surface area contributed by atoms with Gasteiger partial charge in [-0.1, -0.05) is 166 Å². The fourth-order valence-corrected chi connectivity index (χ4v) is 15.6. The summed E-state index contributed by atoms with van der Waals surface area (Å²) in [5.74, 6) is 0.